The second kappa shape index (κ2) is 9.72. The number of amides is 2. The molecule has 1 aromatic heterocycles. The van der Waals surface area contributed by atoms with Gasteiger partial charge in [0.2, 0.25) is 0 Å². The van der Waals surface area contributed by atoms with Crippen LogP contribution in [0.15, 0.2) is 66.9 Å². The van der Waals surface area contributed by atoms with Crippen LogP contribution in [0, 0.1) is 0 Å². The largest absolute Gasteiger partial charge is 0.480 e. The lowest BCUT2D eigenvalue weighted by molar-refractivity contribution is -0.141. The number of pyridine rings is 1. The lowest BCUT2D eigenvalue weighted by Crippen LogP contribution is -2.48. The average Bonchev–Trinajstić information content (AvgIpc) is 3.14. The van der Waals surface area contributed by atoms with E-state index >= 15 is 0 Å². The Morgan fingerprint density at radius 3 is 2.21 bits per heavy atom. The number of carboxylic acid groups (broad SMARTS) is 1. The molecule has 1 aliphatic carbocycles. The quantitative estimate of drug-likeness (QED) is 0.424. The third-order valence-electron chi connectivity index (χ3n) is 5.64. The van der Waals surface area contributed by atoms with Crippen molar-refractivity contribution in [2.24, 2.45) is 0 Å². The van der Waals surface area contributed by atoms with E-state index in [1.165, 1.54) is 25.3 Å². The summed E-state index contributed by atoms with van der Waals surface area (Å²) in [4.78, 5) is 40.4. The van der Waals surface area contributed by atoms with Gasteiger partial charge in [0, 0.05) is 12.1 Å². The van der Waals surface area contributed by atoms with Crippen molar-refractivity contribution in [2.75, 3.05) is 11.9 Å². The van der Waals surface area contributed by atoms with E-state index in [4.69, 9.17) is 4.74 Å². The number of hydrogen-bond donors (Lipinski definition) is 4. The summed E-state index contributed by atoms with van der Waals surface area (Å²) in [5.74, 6) is -2.38. The van der Waals surface area contributed by atoms with Crippen LogP contribution in [0.4, 0.5) is 10.5 Å². The smallest absolute Gasteiger partial charge is 0.411 e. The average molecular weight is 461 g/mol. The fraction of sp³-hybridized carbons (Fsp3) is 0.200. The van der Waals surface area contributed by atoms with E-state index < -0.39 is 30.1 Å². The van der Waals surface area contributed by atoms with Crippen LogP contribution in [0.2, 0.25) is 0 Å². The second-order valence-electron chi connectivity index (χ2n) is 7.88. The van der Waals surface area contributed by atoms with Gasteiger partial charge < -0.3 is 20.3 Å². The van der Waals surface area contributed by atoms with E-state index in [-0.39, 0.29) is 23.9 Å². The molecule has 34 heavy (non-hydrogen) atoms. The van der Waals surface area contributed by atoms with Crippen LogP contribution in [-0.2, 0) is 9.53 Å². The molecule has 0 fully saturated rings. The van der Waals surface area contributed by atoms with E-state index in [2.05, 4.69) is 15.6 Å². The van der Waals surface area contributed by atoms with Crippen LogP contribution in [0.1, 0.15) is 34.5 Å². The highest BCUT2D eigenvalue weighted by Crippen LogP contribution is 2.44. The Bertz CT molecular complexity index is 1200. The number of carbonyl (C=O) groups excluding carboxylic acids is 2. The highest BCUT2D eigenvalue weighted by molar-refractivity contribution is 6.02. The van der Waals surface area contributed by atoms with Crippen LogP contribution in [-0.4, -0.2) is 51.9 Å². The minimum absolute atomic E-state index is 0.0481. The number of aliphatic carboxylic acids is 1. The fourth-order valence-corrected chi connectivity index (χ4v) is 4.03. The maximum atomic E-state index is 12.6. The molecule has 9 nitrogen and oxygen atoms in total. The van der Waals surface area contributed by atoms with E-state index in [1.54, 1.807) is 0 Å². The minimum atomic E-state index is -1.53. The van der Waals surface area contributed by atoms with Crippen molar-refractivity contribution in [3.63, 3.8) is 0 Å². The number of aromatic nitrogens is 1. The number of aliphatic hydroxyl groups is 1. The molecular weight excluding hydrogens is 438 g/mol. The topological polar surface area (TPSA) is 138 Å². The Labute approximate surface area is 195 Å². The Morgan fingerprint density at radius 2 is 1.62 bits per heavy atom. The molecule has 0 radical (unpaired) electrons. The highest BCUT2D eigenvalue weighted by atomic mass is 16.5. The first kappa shape index (κ1) is 22.9. The van der Waals surface area contributed by atoms with E-state index in [9.17, 15) is 24.6 Å². The van der Waals surface area contributed by atoms with Gasteiger partial charge in [0.05, 0.1) is 11.8 Å². The zero-order valence-electron chi connectivity index (χ0n) is 18.3. The van der Waals surface area contributed by atoms with Crippen LogP contribution in [0.5, 0.6) is 0 Å². The Morgan fingerprint density at radius 1 is 1.00 bits per heavy atom. The molecule has 4 rings (SSSR count). The maximum absolute atomic E-state index is 12.6. The molecule has 0 aliphatic heterocycles. The molecule has 3 aromatic rings. The maximum Gasteiger partial charge on any atom is 0.411 e. The van der Waals surface area contributed by atoms with Gasteiger partial charge in [-0.25, -0.2) is 14.6 Å². The predicted molar refractivity (Wildman–Crippen MR) is 123 cm³/mol. The first-order valence-electron chi connectivity index (χ1n) is 10.7. The van der Waals surface area contributed by atoms with Gasteiger partial charge in [0.1, 0.15) is 6.61 Å². The number of ether oxygens (including phenoxy) is 1. The van der Waals surface area contributed by atoms with Crippen LogP contribution in [0.3, 0.4) is 0 Å². The summed E-state index contributed by atoms with van der Waals surface area (Å²) in [5.41, 5.74) is 4.18. The molecule has 1 heterocycles. The number of fused-ring (bicyclic) bond motifs is 3. The van der Waals surface area contributed by atoms with E-state index in [1.807, 2.05) is 48.5 Å². The van der Waals surface area contributed by atoms with E-state index in [0.717, 1.165) is 22.3 Å². The summed E-state index contributed by atoms with van der Waals surface area (Å²) in [7, 11) is 0. The predicted octanol–water partition coefficient (Wildman–Crippen LogP) is 3.01. The molecule has 1 aliphatic rings. The fourth-order valence-electron chi connectivity index (χ4n) is 4.03. The number of rotatable bonds is 7. The van der Waals surface area contributed by atoms with E-state index in [0.29, 0.717) is 0 Å². The highest BCUT2D eigenvalue weighted by Gasteiger charge is 2.30. The summed E-state index contributed by atoms with van der Waals surface area (Å²) in [6.07, 6.45) is -0.784. The number of benzene rings is 2. The molecule has 2 amide bonds. The Kier molecular flexibility index (Phi) is 6.55. The number of anilines is 1. The monoisotopic (exact) mass is 461 g/mol. The molecule has 0 saturated carbocycles. The standard InChI is InChI=1S/C25H23N3O6/c1-14(29)21(24(31)32)28-23(30)22-20(11-6-12-26-22)27-25(33)34-13-19-17-9-4-2-7-15(17)16-8-3-5-10-18(16)19/h2-12,14,19,21,29H,13H2,1H3,(H,27,33)(H,28,30)(H,31,32). The third-order valence-corrected chi connectivity index (χ3v) is 5.64. The van der Waals surface area contributed by atoms with Gasteiger partial charge in [0.15, 0.2) is 11.7 Å². The second-order valence-corrected chi connectivity index (χ2v) is 7.88. The van der Waals surface area contributed by atoms with Gasteiger partial charge in [0.25, 0.3) is 5.91 Å². The van der Waals surface area contributed by atoms with Gasteiger partial charge in [-0.1, -0.05) is 48.5 Å². The van der Waals surface area contributed by atoms with Gasteiger partial charge in [-0.2, -0.15) is 0 Å². The number of aliphatic hydroxyl groups excluding tert-OH is 1. The van der Waals surface area contributed by atoms with Crippen molar-refractivity contribution in [2.45, 2.75) is 25.0 Å². The summed E-state index contributed by atoms with van der Waals surface area (Å²) >= 11 is 0. The normalized spacial score (nSPS) is 13.8. The summed E-state index contributed by atoms with van der Waals surface area (Å²) in [6, 6.07) is 17.3. The van der Waals surface area contributed by atoms with Crippen molar-refractivity contribution in [3.05, 3.63) is 83.7 Å². The molecule has 2 atom stereocenters. The summed E-state index contributed by atoms with van der Waals surface area (Å²) < 4.78 is 5.49. The van der Waals surface area contributed by atoms with Crippen LogP contribution in [0.25, 0.3) is 11.1 Å². The zero-order valence-corrected chi connectivity index (χ0v) is 18.3. The summed E-state index contributed by atoms with van der Waals surface area (Å²) in [6.45, 7) is 1.33. The first-order chi connectivity index (χ1) is 16.4. The molecule has 4 N–H and O–H groups in total. The number of carbonyl (C=O) groups is 3. The SMILES string of the molecule is CC(O)C(NC(=O)c1ncccc1NC(=O)OCC1c2ccccc2-c2ccccc21)C(=O)O. The minimum Gasteiger partial charge on any atom is -0.480 e. The van der Waals surface area contributed by atoms with Gasteiger partial charge in [-0.15, -0.1) is 0 Å². The van der Waals surface area contributed by atoms with Crippen molar-refractivity contribution in [3.8, 4) is 11.1 Å². The lowest BCUT2D eigenvalue weighted by atomic mass is 9.98. The van der Waals surface area contributed by atoms with Crippen molar-refractivity contribution in [1.82, 2.24) is 10.3 Å². The Hall–Kier alpha value is -4.24. The molecule has 0 spiro atoms. The molecular formula is C25H23N3O6. The Balaban J connectivity index is 1.46. The van der Waals surface area contributed by atoms with Gasteiger partial charge in [-0.3, -0.25) is 10.1 Å². The first-order valence-corrected chi connectivity index (χ1v) is 10.7. The number of nitrogens with one attached hydrogen (secondary N) is 2. The third kappa shape index (κ3) is 4.60. The zero-order chi connectivity index (χ0) is 24.2. The molecule has 9 heteroatoms. The molecule has 0 saturated heterocycles. The molecule has 2 aromatic carbocycles. The molecule has 174 valence electrons. The summed E-state index contributed by atoms with van der Waals surface area (Å²) in [5, 5.41) is 23.5. The molecule has 2 unspecified atom stereocenters. The van der Waals surface area contributed by atoms with Gasteiger partial charge in [-0.05, 0) is 41.3 Å². The van der Waals surface area contributed by atoms with Crippen LogP contribution < -0.4 is 10.6 Å². The van der Waals surface area contributed by atoms with Crippen molar-refractivity contribution >= 4 is 23.7 Å². The number of carboxylic acids is 1. The van der Waals surface area contributed by atoms with Gasteiger partial charge >= 0.3 is 12.1 Å². The van der Waals surface area contributed by atoms with Crippen LogP contribution >= 0.6 is 0 Å². The van der Waals surface area contributed by atoms with Crippen molar-refractivity contribution < 1.29 is 29.3 Å². The molecule has 0 bridgehead atoms. The number of nitrogens with zero attached hydrogens (tertiary/aromatic N) is 1. The number of hydrogen-bond acceptors (Lipinski definition) is 6. The lowest BCUT2D eigenvalue weighted by Gasteiger charge is -2.18. The van der Waals surface area contributed by atoms with Crippen molar-refractivity contribution in [1.29, 1.82) is 0 Å².